The van der Waals surface area contributed by atoms with Crippen LogP contribution in [0.1, 0.15) is 56.8 Å². The smallest absolute Gasteiger partial charge is 0.128 e. The summed E-state index contributed by atoms with van der Waals surface area (Å²) >= 11 is 6.16. The summed E-state index contributed by atoms with van der Waals surface area (Å²) in [5.74, 6) is 1.15. The Hall–Kier alpha value is -0.730. The molecule has 1 N–H and O–H groups in total. The number of fused-ring (bicyclic) bond motifs is 1. The predicted octanol–water partition coefficient (Wildman–Crippen LogP) is 4.52. The highest BCUT2D eigenvalue weighted by atomic mass is 35.5. The lowest BCUT2D eigenvalue weighted by molar-refractivity contribution is 0.0961. The van der Waals surface area contributed by atoms with Gasteiger partial charge >= 0.3 is 0 Å². The molecule has 0 aliphatic carbocycles. The quantitative estimate of drug-likeness (QED) is 0.831. The molecule has 1 aliphatic rings. The van der Waals surface area contributed by atoms with Crippen molar-refractivity contribution in [2.45, 2.75) is 52.1 Å². The van der Waals surface area contributed by atoms with Crippen LogP contribution in [0.15, 0.2) is 12.1 Å². The number of benzene rings is 1. The van der Waals surface area contributed by atoms with Crippen molar-refractivity contribution in [2.75, 3.05) is 6.61 Å². The first kappa shape index (κ1) is 14.7. The highest BCUT2D eigenvalue weighted by Crippen LogP contribution is 2.40. The Morgan fingerprint density at radius 1 is 1.37 bits per heavy atom. The largest absolute Gasteiger partial charge is 0.493 e. The van der Waals surface area contributed by atoms with Gasteiger partial charge in [-0.3, -0.25) is 0 Å². The van der Waals surface area contributed by atoms with Gasteiger partial charge < -0.3 is 9.84 Å². The molecular weight excluding hydrogens is 260 g/mol. The maximum atomic E-state index is 10.7. The maximum absolute atomic E-state index is 10.7. The molecule has 0 aromatic heterocycles. The second kappa shape index (κ2) is 6.62. The van der Waals surface area contributed by atoms with Crippen molar-refractivity contribution in [3.63, 3.8) is 0 Å². The summed E-state index contributed by atoms with van der Waals surface area (Å²) in [4.78, 5) is 0. The monoisotopic (exact) mass is 282 g/mol. The number of hydrogen-bond donors (Lipinski definition) is 1. The Morgan fingerprint density at radius 2 is 2.16 bits per heavy atom. The Labute approximate surface area is 120 Å². The van der Waals surface area contributed by atoms with Gasteiger partial charge in [0.05, 0.1) is 12.7 Å². The molecule has 1 aromatic carbocycles. The summed E-state index contributed by atoms with van der Waals surface area (Å²) in [6, 6.07) is 3.82. The molecule has 2 rings (SSSR count). The zero-order valence-corrected chi connectivity index (χ0v) is 12.5. The molecule has 19 heavy (non-hydrogen) atoms. The van der Waals surface area contributed by atoms with Gasteiger partial charge in [0.25, 0.3) is 0 Å². The van der Waals surface area contributed by atoms with E-state index in [1.54, 1.807) is 0 Å². The summed E-state index contributed by atoms with van der Waals surface area (Å²) in [6.07, 6.45) is 4.76. The molecule has 0 bridgehead atoms. The summed E-state index contributed by atoms with van der Waals surface area (Å²) in [5.41, 5.74) is 2.01. The number of aliphatic hydroxyl groups excluding tert-OH is 1. The van der Waals surface area contributed by atoms with Crippen LogP contribution in [0.3, 0.4) is 0 Å². The van der Waals surface area contributed by atoms with Gasteiger partial charge in [-0.2, -0.15) is 0 Å². The van der Waals surface area contributed by atoms with Gasteiger partial charge in [0.2, 0.25) is 0 Å². The zero-order chi connectivity index (χ0) is 13.8. The Balaban J connectivity index is 2.25. The van der Waals surface area contributed by atoms with Gasteiger partial charge in [-0.05, 0) is 30.0 Å². The molecule has 0 fully saturated rings. The summed E-state index contributed by atoms with van der Waals surface area (Å²) in [7, 11) is 0. The zero-order valence-electron chi connectivity index (χ0n) is 11.8. The lowest BCUT2D eigenvalue weighted by Gasteiger charge is -2.23. The van der Waals surface area contributed by atoms with E-state index in [2.05, 4.69) is 13.8 Å². The minimum Gasteiger partial charge on any atom is -0.493 e. The maximum Gasteiger partial charge on any atom is 0.128 e. The highest BCUT2D eigenvalue weighted by Gasteiger charge is 2.26. The number of aliphatic hydroxyl groups is 1. The first-order valence-electron chi connectivity index (χ1n) is 7.30. The van der Waals surface area contributed by atoms with Gasteiger partial charge in [-0.1, -0.05) is 44.7 Å². The van der Waals surface area contributed by atoms with E-state index in [9.17, 15) is 5.11 Å². The number of unbranched alkanes of at least 4 members (excludes halogenated alkanes) is 1. The molecule has 2 nitrogen and oxygen atoms in total. The lowest BCUT2D eigenvalue weighted by Crippen LogP contribution is -2.13. The van der Waals surface area contributed by atoms with Gasteiger partial charge in [-0.15, -0.1) is 0 Å². The molecule has 0 saturated heterocycles. The molecule has 1 aliphatic heterocycles. The molecule has 0 radical (unpaired) electrons. The van der Waals surface area contributed by atoms with E-state index in [1.807, 2.05) is 12.1 Å². The average Bonchev–Trinajstić information content (AvgIpc) is 2.86. The Morgan fingerprint density at radius 3 is 2.84 bits per heavy atom. The molecule has 2 unspecified atom stereocenters. The topological polar surface area (TPSA) is 29.5 Å². The van der Waals surface area contributed by atoms with E-state index in [1.165, 1.54) is 0 Å². The van der Waals surface area contributed by atoms with Crippen molar-refractivity contribution in [2.24, 2.45) is 5.92 Å². The molecule has 3 heteroatoms. The number of halogens is 1. The second-order valence-electron chi connectivity index (χ2n) is 5.34. The van der Waals surface area contributed by atoms with Crippen molar-refractivity contribution in [1.82, 2.24) is 0 Å². The van der Waals surface area contributed by atoms with Crippen LogP contribution < -0.4 is 4.74 Å². The van der Waals surface area contributed by atoms with Crippen LogP contribution in [0.4, 0.5) is 0 Å². The summed E-state index contributed by atoms with van der Waals surface area (Å²) < 4.78 is 5.69. The molecule has 0 amide bonds. The van der Waals surface area contributed by atoms with E-state index in [4.69, 9.17) is 16.3 Å². The first-order valence-corrected chi connectivity index (χ1v) is 7.68. The van der Waals surface area contributed by atoms with Crippen LogP contribution in [-0.2, 0) is 6.42 Å². The van der Waals surface area contributed by atoms with Gasteiger partial charge in [0.1, 0.15) is 5.75 Å². The van der Waals surface area contributed by atoms with Gasteiger partial charge in [-0.25, -0.2) is 0 Å². The van der Waals surface area contributed by atoms with Crippen LogP contribution in [0.25, 0.3) is 0 Å². The van der Waals surface area contributed by atoms with Crippen molar-refractivity contribution >= 4 is 11.6 Å². The predicted molar refractivity (Wildman–Crippen MR) is 78.9 cm³/mol. The highest BCUT2D eigenvalue weighted by molar-refractivity contribution is 6.30. The van der Waals surface area contributed by atoms with Crippen LogP contribution in [0.2, 0.25) is 5.02 Å². The van der Waals surface area contributed by atoms with Crippen LogP contribution >= 0.6 is 11.6 Å². The molecule has 1 aromatic rings. The molecule has 106 valence electrons. The fraction of sp³-hybridized carbons (Fsp3) is 0.625. The van der Waals surface area contributed by atoms with Crippen molar-refractivity contribution in [3.8, 4) is 5.75 Å². The van der Waals surface area contributed by atoms with E-state index in [0.717, 1.165) is 49.0 Å². The van der Waals surface area contributed by atoms with Crippen LogP contribution in [0.5, 0.6) is 5.75 Å². The first-order chi connectivity index (χ1) is 9.17. The van der Waals surface area contributed by atoms with Crippen molar-refractivity contribution in [3.05, 3.63) is 28.3 Å². The van der Waals surface area contributed by atoms with Crippen molar-refractivity contribution < 1.29 is 9.84 Å². The standard InChI is InChI=1S/C16H23ClO2/c1-3-5-6-11(4-2)15(18)14-10-13(17)9-12-7-8-19-16(12)14/h9-11,15,18H,3-8H2,1-2H3. The third-order valence-electron chi connectivity index (χ3n) is 4.00. The Kier molecular flexibility index (Phi) is 5.12. The summed E-state index contributed by atoms with van der Waals surface area (Å²) in [5, 5.41) is 11.4. The number of rotatable bonds is 6. The molecular formula is C16H23ClO2. The van der Waals surface area contributed by atoms with Gasteiger partial charge in [0, 0.05) is 17.0 Å². The molecule has 0 spiro atoms. The summed E-state index contributed by atoms with van der Waals surface area (Å²) in [6.45, 7) is 5.01. The van der Waals surface area contributed by atoms with Crippen LogP contribution in [0, 0.1) is 5.92 Å². The van der Waals surface area contributed by atoms with E-state index in [0.29, 0.717) is 11.6 Å². The minimum absolute atomic E-state index is 0.284. The number of ether oxygens (including phenoxy) is 1. The average molecular weight is 283 g/mol. The molecule has 1 heterocycles. The van der Waals surface area contributed by atoms with Gasteiger partial charge in [0.15, 0.2) is 0 Å². The third-order valence-corrected chi connectivity index (χ3v) is 4.21. The SMILES string of the molecule is CCCCC(CC)C(O)c1cc(Cl)cc2c1OCC2. The third kappa shape index (κ3) is 3.24. The fourth-order valence-electron chi connectivity index (χ4n) is 2.82. The van der Waals surface area contributed by atoms with Crippen LogP contribution in [-0.4, -0.2) is 11.7 Å². The van der Waals surface area contributed by atoms with Crippen molar-refractivity contribution in [1.29, 1.82) is 0 Å². The molecule has 0 saturated carbocycles. The Bertz CT molecular complexity index is 431. The lowest BCUT2D eigenvalue weighted by atomic mass is 9.88. The van der Waals surface area contributed by atoms with E-state index >= 15 is 0 Å². The minimum atomic E-state index is -0.470. The van der Waals surface area contributed by atoms with E-state index in [-0.39, 0.29) is 5.92 Å². The molecule has 2 atom stereocenters. The van der Waals surface area contributed by atoms with E-state index < -0.39 is 6.10 Å². The normalized spacial score (nSPS) is 16.8. The second-order valence-corrected chi connectivity index (χ2v) is 5.77. The number of hydrogen-bond acceptors (Lipinski definition) is 2. The fourth-order valence-corrected chi connectivity index (χ4v) is 3.07.